The quantitative estimate of drug-likeness (QED) is 0.761. The van der Waals surface area contributed by atoms with Gasteiger partial charge in [-0.25, -0.2) is 0 Å². The zero-order valence-electron chi connectivity index (χ0n) is 10.5. The van der Waals surface area contributed by atoms with E-state index in [9.17, 15) is 0 Å². The van der Waals surface area contributed by atoms with Gasteiger partial charge in [-0.15, -0.1) is 0 Å². The van der Waals surface area contributed by atoms with E-state index < -0.39 is 0 Å². The third kappa shape index (κ3) is 4.31. The molecule has 0 saturated carbocycles. The van der Waals surface area contributed by atoms with E-state index in [1.54, 1.807) is 6.20 Å². The molecule has 0 amide bonds. The van der Waals surface area contributed by atoms with Gasteiger partial charge >= 0.3 is 0 Å². The van der Waals surface area contributed by atoms with Crippen molar-refractivity contribution in [3.63, 3.8) is 0 Å². The van der Waals surface area contributed by atoms with Crippen LogP contribution in [0.15, 0.2) is 24.5 Å². The molecule has 0 aliphatic heterocycles. The zero-order chi connectivity index (χ0) is 11.8. The fourth-order valence-corrected chi connectivity index (χ4v) is 2.07. The van der Waals surface area contributed by atoms with E-state index in [0.717, 1.165) is 17.9 Å². The molecule has 16 heavy (non-hydrogen) atoms. The van der Waals surface area contributed by atoms with E-state index >= 15 is 0 Å². The number of aromatic nitrogens is 1. The molecule has 0 spiro atoms. The second-order valence-corrected chi connectivity index (χ2v) is 4.55. The Hall–Kier alpha value is -0.890. The Kier molecular flexibility index (Phi) is 6.09. The van der Waals surface area contributed by atoms with Crippen LogP contribution in [0.2, 0.25) is 0 Å². The second-order valence-electron chi connectivity index (χ2n) is 4.55. The lowest BCUT2D eigenvalue weighted by molar-refractivity contribution is 0.388. The van der Waals surface area contributed by atoms with E-state index in [4.69, 9.17) is 5.73 Å². The average molecular weight is 220 g/mol. The number of hydrogen-bond donors (Lipinski definition) is 1. The van der Waals surface area contributed by atoms with Gasteiger partial charge in [-0.05, 0) is 24.0 Å². The Balaban J connectivity index is 2.45. The molecule has 0 aliphatic rings. The summed E-state index contributed by atoms with van der Waals surface area (Å²) in [6.45, 7) is 4.50. The molecule has 0 aliphatic carbocycles. The maximum atomic E-state index is 6.20. The molecule has 2 heteroatoms. The van der Waals surface area contributed by atoms with Crippen LogP contribution >= 0.6 is 0 Å². The molecule has 2 atom stereocenters. The van der Waals surface area contributed by atoms with Gasteiger partial charge < -0.3 is 5.73 Å². The molecule has 0 fully saturated rings. The Morgan fingerprint density at radius 1 is 1.38 bits per heavy atom. The minimum absolute atomic E-state index is 0.149. The first-order valence-electron chi connectivity index (χ1n) is 6.43. The van der Waals surface area contributed by atoms with Crippen LogP contribution in [0.25, 0.3) is 0 Å². The second kappa shape index (κ2) is 7.39. The Morgan fingerprint density at radius 2 is 2.19 bits per heavy atom. The number of unbranched alkanes of at least 4 members (excludes halogenated alkanes) is 1. The van der Waals surface area contributed by atoms with E-state index in [2.05, 4.69) is 24.9 Å². The lowest BCUT2D eigenvalue weighted by Crippen LogP contribution is -2.15. The van der Waals surface area contributed by atoms with Crippen molar-refractivity contribution in [1.29, 1.82) is 0 Å². The van der Waals surface area contributed by atoms with Crippen molar-refractivity contribution in [3.8, 4) is 0 Å². The highest BCUT2D eigenvalue weighted by molar-refractivity contribution is 5.13. The van der Waals surface area contributed by atoms with Crippen LogP contribution < -0.4 is 5.73 Å². The van der Waals surface area contributed by atoms with Crippen LogP contribution in [0.5, 0.6) is 0 Å². The Bertz CT molecular complexity index is 271. The highest BCUT2D eigenvalue weighted by atomic mass is 14.7. The molecule has 0 radical (unpaired) electrons. The van der Waals surface area contributed by atoms with Gasteiger partial charge in [0.15, 0.2) is 0 Å². The van der Waals surface area contributed by atoms with Crippen molar-refractivity contribution < 1.29 is 0 Å². The summed E-state index contributed by atoms with van der Waals surface area (Å²) in [6, 6.07) is 4.18. The fraction of sp³-hybridized carbons (Fsp3) is 0.643. The van der Waals surface area contributed by atoms with Crippen LogP contribution in [0.3, 0.4) is 0 Å². The maximum absolute atomic E-state index is 6.20. The van der Waals surface area contributed by atoms with Gasteiger partial charge in [-0.2, -0.15) is 0 Å². The van der Waals surface area contributed by atoms with Crippen LogP contribution in [-0.4, -0.2) is 4.98 Å². The van der Waals surface area contributed by atoms with E-state index in [1.807, 2.05) is 12.3 Å². The van der Waals surface area contributed by atoms with Gasteiger partial charge in [-0.1, -0.05) is 45.6 Å². The van der Waals surface area contributed by atoms with Crippen LogP contribution in [0.1, 0.15) is 57.6 Å². The molecule has 2 N–H and O–H groups in total. The molecule has 0 bridgehead atoms. The van der Waals surface area contributed by atoms with Crippen molar-refractivity contribution in [2.45, 2.75) is 52.0 Å². The minimum atomic E-state index is 0.149. The zero-order valence-corrected chi connectivity index (χ0v) is 10.5. The summed E-state index contributed by atoms with van der Waals surface area (Å²) in [4.78, 5) is 4.12. The normalized spacial score (nSPS) is 14.7. The molecule has 2 unspecified atom stereocenters. The van der Waals surface area contributed by atoms with Crippen molar-refractivity contribution in [3.05, 3.63) is 30.1 Å². The summed E-state index contributed by atoms with van der Waals surface area (Å²) in [6.07, 6.45) is 9.90. The van der Waals surface area contributed by atoms with Gasteiger partial charge in [0.2, 0.25) is 0 Å². The largest absolute Gasteiger partial charge is 0.324 e. The summed E-state index contributed by atoms with van der Waals surface area (Å²) in [5.74, 6) is 0.759. The predicted octanol–water partition coefficient (Wildman–Crippen LogP) is 3.69. The van der Waals surface area contributed by atoms with Crippen molar-refractivity contribution in [2.75, 3.05) is 0 Å². The lowest BCUT2D eigenvalue weighted by atomic mass is 9.90. The Labute approximate surface area is 99.3 Å². The number of rotatable bonds is 7. The summed E-state index contributed by atoms with van der Waals surface area (Å²) in [5, 5.41) is 0. The summed E-state index contributed by atoms with van der Waals surface area (Å²) >= 11 is 0. The van der Waals surface area contributed by atoms with Crippen molar-refractivity contribution in [2.24, 2.45) is 11.7 Å². The highest BCUT2D eigenvalue weighted by Gasteiger charge is 2.13. The number of pyridine rings is 1. The molecular weight excluding hydrogens is 196 g/mol. The summed E-state index contributed by atoms with van der Waals surface area (Å²) in [5.41, 5.74) is 7.37. The van der Waals surface area contributed by atoms with Gasteiger partial charge in [0, 0.05) is 18.4 Å². The number of nitrogens with two attached hydrogens (primary N) is 1. The molecule has 1 heterocycles. The van der Waals surface area contributed by atoms with Crippen LogP contribution in [0, 0.1) is 5.92 Å². The molecule has 90 valence electrons. The standard InChI is InChI=1S/C14H24N2/c1-3-5-7-12(4-2)10-14(15)13-8-6-9-16-11-13/h6,8-9,11-12,14H,3-5,7,10,15H2,1-2H3. The lowest BCUT2D eigenvalue weighted by Gasteiger charge is -2.19. The average Bonchev–Trinajstić information content (AvgIpc) is 2.35. The first-order valence-corrected chi connectivity index (χ1v) is 6.43. The number of hydrogen-bond acceptors (Lipinski definition) is 2. The molecule has 1 aromatic rings. The third-order valence-corrected chi connectivity index (χ3v) is 3.24. The monoisotopic (exact) mass is 220 g/mol. The summed E-state index contributed by atoms with van der Waals surface area (Å²) < 4.78 is 0. The maximum Gasteiger partial charge on any atom is 0.0315 e. The third-order valence-electron chi connectivity index (χ3n) is 3.24. The summed E-state index contributed by atoms with van der Waals surface area (Å²) in [7, 11) is 0. The van der Waals surface area contributed by atoms with E-state index in [-0.39, 0.29) is 6.04 Å². The topological polar surface area (TPSA) is 38.9 Å². The van der Waals surface area contributed by atoms with Crippen LogP contribution in [-0.2, 0) is 0 Å². The van der Waals surface area contributed by atoms with Gasteiger partial charge in [-0.3, -0.25) is 4.98 Å². The minimum Gasteiger partial charge on any atom is -0.324 e. The Morgan fingerprint density at radius 3 is 2.75 bits per heavy atom. The molecule has 0 aromatic carbocycles. The molecule has 1 rings (SSSR count). The van der Waals surface area contributed by atoms with Crippen molar-refractivity contribution in [1.82, 2.24) is 4.98 Å². The highest BCUT2D eigenvalue weighted by Crippen LogP contribution is 2.24. The molecule has 0 saturated heterocycles. The van der Waals surface area contributed by atoms with Gasteiger partial charge in [0.1, 0.15) is 0 Å². The number of nitrogens with zero attached hydrogens (tertiary/aromatic N) is 1. The predicted molar refractivity (Wildman–Crippen MR) is 69.1 cm³/mol. The van der Waals surface area contributed by atoms with Gasteiger partial charge in [0.05, 0.1) is 0 Å². The first-order chi connectivity index (χ1) is 7.77. The molecule has 2 nitrogen and oxygen atoms in total. The molecular formula is C14H24N2. The van der Waals surface area contributed by atoms with E-state index in [0.29, 0.717) is 0 Å². The van der Waals surface area contributed by atoms with Crippen molar-refractivity contribution >= 4 is 0 Å². The first kappa shape index (κ1) is 13.2. The van der Waals surface area contributed by atoms with Crippen LogP contribution in [0.4, 0.5) is 0 Å². The van der Waals surface area contributed by atoms with E-state index in [1.165, 1.54) is 25.7 Å². The molecule has 1 aromatic heterocycles. The fourth-order valence-electron chi connectivity index (χ4n) is 2.07. The smallest absolute Gasteiger partial charge is 0.0315 e. The van der Waals surface area contributed by atoms with Gasteiger partial charge in [0.25, 0.3) is 0 Å². The SMILES string of the molecule is CCCCC(CC)CC(N)c1cccnc1.